The highest BCUT2D eigenvalue weighted by atomic mass is 32.1. The van der Waals surface area contributed by atoms with E-state index < -0.39 is 14.0 Å². The summed E-state index contributed by atoms with van der Waals surface area (Å²) in [6.45, 7) is 8.20. The van der Waals surface area contributed by atoms with Crippen LogP contribution in [-0.4, -0.2) is 46.1 Å². The zero-order valence-electron chi connectivity index (χ0n) is 16.7. The van der Waals surface area contributed by atoms with Crippen molar-refractivity contribution in [3.05, 3.63) is 34.2 Å². The Labute approximate surface area is 168 Å². The molecule has 3 aromatic rings. The number of hydrogen-bond acceptors (Lipinski definition) is 6. The molecule has 0 saturated heterocycles. The summed E-state index contributed by atoms with van der Waals surface area (Å²) >= 11 is 1.46. The highest BCUT2D eigenvalue weighted by Gasteiger charge is 2.21. The summed E-state index contributed by atoms with van der Waals surface area (Å²) in [5, 5.41) is 13.1. The molecular weight excluding hydrogens is 392 g/mol. The van der Waals surface area contributed by atoms with Gasteiger partial charge in [-0.2, -0.15) is 5.10 Å². The smallest absolute Gasteiger partial charge is 0.266 e. The molecule has 0 aromatic carbocycles. The molecule has 0 atom stereocenters. The van der Waals surface area contributed by atoms with Crippen LogP contribution in [0.15, 0.2) is 12.3 Å². The number of amides is 1. The van der Waals surface area contributed by atoms with Crippen molar-refractivity contribution in [1.82, 2.24) is 19.3 Å². The number of thiazole rings is 1. The number of rotatable bonds is 9. The molecule has 1 amide bonds. The van der Waals surface area contributed by atoms with Gasteiger partial charge < -0.3 is 20.4 Å². The van der Waals surface area contributed by atoms with Gasteiger partial charge in [0.25, 0.3) is 5.91 Å². The van der Waals surface area contributed by atoms with Crippen molar-refractivity contribution in [2.75, 3.05) is 6.61 Å². The lowest BCUT2D eigenvalue weighted by Crippen LogP contribution is -2.22. The van der Waals surface area contributed by atoms with Crippen LogP contribution in [0.1, 0.15) is 26.8 Å². The van der Waals surface area contributed by atoms with E-state index in [-0.39, 0.29) is 0 Å². The molecule has 3 rings (SSSR count). The molecule has 0 unspecified atom stereocenters. The van der Waals surface area contributed by atoms with Gasteiger partial charge in [-0.15, -0.1) is 11.3 Å². The minimum atomic E-state index is -1.08. The van der Waals surface area contributed by atoms with Crippen LogP contribution < -0.4 is 5.73 Å². The predicted molar refractivity (Wildman–Crippen MR) is 114 cm³/mol. The zero-order chi connectivity index (χ0) is 20.5. The highest BCUT2D eigenvalue weighted by molar-refractivity contribution is 7.19. The van der Waals surface area contributed by atoms with Crippen molar-refractivity contribution >= 4 is 41.9 Å². The quantitative estimate of drug-likeness (QED) is 0.316. The summed E-state index contributed by atoms with van der Waals surface area (Å²) in [6.07, 6.45) is 3.66. The van der Waals surface area contributed by atoms with Crippen molar-refractivity contribution < 1.29 is 9.53 Å². The van der Waals surface area contributed by atoms with Crippen LogP contribution in [0.4, 0.5) is 0 Å². The molecule has 3 N–H and O–H groups in total. The van der Waals surface area contributed by atoms with Gasteiger partial charge in [0.05, 0.1) is 10.4 Å². The van der Waals surface area contributed by atoms with Crippen molar-refractivity contribution in [2.45, 2.75) is 38.8 Å². The second kappa shape index (κ2) is 7.98. The highest BCUT2D eigenvalue weighted by Crippen LogP contribution is 2.30. The van der Waals surface area contributed by atoms with Gasteiger partial charge in [-0.25, -0.2) is 9.67 Å². The van der Waals surface area contributed by atoms with E-state index in [9.17, 15) is 4.79 Å². The predicted octanol–water partition coefficient (Wildman–Crippen LogP) is 2.83. The van der Waals surface area contributed by atoms with Crippen LogP contribution in [-0.2, 0) is 24.9 Å². The summed E-state index contributed by atoms with van der Waals surface area (Å²) in [7, 11) is 0.658. The molecule has 0 radical (unpaired) electrons. The Kier molecular flexibility index (Phi) is 5.82. The van der Waals surface area contributed by atoms with Gasteiger partial charge in [-0.1, -0.05) is 19.6 Å². The van der Waals surface area contributed by atoms with E-state index in [1.165, 1.54) is 11.3 Å². The maximum atomic E-state index is 11.7. The first kappa shape index (κ1) is 20.4. The number of nitrogens with two attached hydrogens (primary N) is 1. The number of primary amides is 1. The molecule has 28 heavy (non-hydrogen) atoms. The average Bonchev–Trinajstić information content (AvgIpc) is 3.27. The molecule has 0 saturated carbocycles. The third kappa shape index (κ3) is 4.40. The number of hydrogen-bond donors (Lipinski definition) is 2. The number of aromatic nitrogens is 4. The molecule has 0 spiro atoms. The van der Waals surface area contributed by atoms with Crippen LogP contribution in [0, 0.1) is 5.41 Å². The fourth-order valence-corrected chi connectivity index (χ4v) is 4.80. The number of fused-ring (bicyclic) bond motifs is 1. The van der Waals surface area contributed by atoms with Crippen molar-refractivity contribution in [3.8, 4) is 0 Å². The summed E-state index contributed by atoms with van der Waals surface area (Å²) in [4.78, 5) is 16.3. The lowest BCUT2D eigenvalue weighted by Gasteiger charge is -2.15. The van der Waals surface area contributed by atoms with Crippen molar-refractivity contribution in [1.29, 1.82) is 5.41 Å². The molecular formula is C18H26N6O2SSi. The van der Waals surface area contributed by atoms with E-state index in [2.05, 4.69) is 29.7 Å². The van der Waals surface area contributed by atoms with Gasteiger partial charge in [-0.3, -0.25) is 4.79 Å². The minimum absolute atomic E-state index is 0.315. The molecule has 0 aliphatic carbocycles. The molecule has 0 bridgehead atoms. The largest absolute Gasteiger partial charge is 0.364 e. The Hall–Kier alpha value is -2.30. The Morgan fingerprint density at radius 3 is 2.82 bits per heavy atom. The first-order valence-corrected chi connectivity index (χ1v) is 13.6. The van der Waals surface area contributed by atoms with E-state index in [0.717, 1.165) is 34.3 Å². The molecule has 0 aliphatic heterocycles. The summed E-state index contributed by atoms with van der Waals surface area (Å²) in [5.41, 5.74) is 7.85. The molecule has 8 nitrogen and oxygen atoms in total. The average molecular weight is 419 g/mol. The second-order valence-electron chi connectivity index (χ2n) is 7.96. The Balaban J connectivity index is 1.69. The Bertz CT molecular complexity index is 1010. The molecule has 0 fully saturated rings. The fraction of sp³-hybridized carbons (Fsp3) is 0.444. The standard InChI is InChI=1S/C18H26N6O2SSi/c1-23-15(17(20)25)13(10-19)16-18(23)21-14(27-16)9-12-5-6-24(22-12)11-26-7-8-28(2,3)4/h5-6,10,19H,7-9,11H2,1-4H3,(H2,20,25). The van der Waals surface area contributed by atoms with Crippen molar-refractivity contribution in [2.24, 2.45) is 12.8 Å². The van der Waals surface area contributed by atoms with E-state index in [1.54, 1.807) is 16.3 Å². The lowest BCUT2D eigenvalue weighted by atomic mass is 10.2. The van der Waals surface area contributed by atoms with Gasteiger partial charge in [-0.05, 0) is 12.1 Å². The number of nitrogens with zero attached hydrogens (tertiary/aromatic N) is 4. The first-order valence-electron chi connectivity index (χ1n) is 9.08. The topological polar surface area (TPSA) is 112 Å². The van der Waals surface area contributed by atoms with Gasteiger partial charge >= 0.3 is 0 Å². The van der Waals surface area contributed by atoms with E-state index >= 15 is 0 Å². The van der Waals surface area contributed by atoms with Gasteiger partial charge in [0.1, 0.15) is 17.4 Å². The van der Waals surface area contributed by atoms with Crippen LogP contribution in [0.2, 0.25) is 25.7 Å². The maximum Gasteiger partial charge on any atom is 0.266 e. The van der Waals surface area contributed by atoms with E-state index in [0.29, 0.717) is 30.1 Å². The van der Waals surface area contributed by atoms with E-state index in [1.807, 2.05) is 12.3 Å². The number of carbonyl (C=O) groups is 1. The summed E-state index contributed by atoms with van der Waals surface area (Å²) < 4.78 is 9.98. The second-order valence-corrected chi connectivity index (χ2v) is 14.7. The molecule has 3 aromatic heterocycles. The molecule has 3 heterocycles. The third-order valence-electron chi connectivity index (χ3n) is 4.43. The third-order valence-corrected chi connectivity index (χ3v) is 7.21. The molecule has 0 aliphatic rings. The molecule has 150 valence electrons. The van der Waals surface area contributed by atoms with E-state index in [4.69, 9.17) is 15.9 Å². The minimum Gasteiger partial charge on any atom is -0.364 e. The van der Waals surface area contributed by atoms with Crippen LogP contribution >= 0.6 is 11.3 Å². The number of aryl methyl sites for hydroxylation is 1. The Morgan fingerprint density at radius 1 is 1.43 bits per heavy atom. The lowest BCUT2D eigenvalue weighted by molar-refractivity contribution is 0.0783. The van der Waals surface area contributed by atoms with Crippen LogP contribution in [0.3, 0.4) is 0 Å². The number of carbonyl (C=O) groups excluding carboxylic acids is 1. The maximum absolute atomic E-state index is 11.7. The molecule has 10 heteroatoms. The van der Waals surface area contributed by atoms with Crippen molar-refractivity contribution in [3.63, 3.8) is 0 Å². The fourth-order valence-electron chi connectivity index (χ4n) is 2.92. The number of nitrogens with one attached hydrogen (secondary N) is 1. The Morgan fingerprint density at radius 2 is 2.18 bits per heavy atom. The first-order chi connectivity index (χ1) is 13.2. The monoisotopic (exact) mass is 418 g/mol. The van der Waals surface area contributed by atoms with Crippen LogP contribution in [0.25, 0.3) is 10.3 Å². The normalized spacial score (nSPS) is 12.0. The van der Waals surface area contributed by atoms with Gasteiger partial charge in [0.15, 0.2) is 5.65 Å². The van der Waals surface area contributed by atoms with Gasteiger partial charge in [0.2, 0.25) is 0 Å². The summed E-state index contributed by atoms with van der Waals surface area (Å²) in [6, 6.07) is 3.09. The zero-order valence-corrected chi connectivity index (χ0v) is 18.5. The van der Waals surface area contributed by atoms with Gasteiger partial charge in [0, 0.05) is 46.1 Å². The summed E-state index contributed by atoms with van der Waals surface area (Å²) in [5.74, 6) is -0.555. The SMILES string of the molecule is Cn1c(C(N)=O)c(C=N)c2sc(Cc3ccn(COCC[Si](C)(C)C)n3)nc21. The van der Waals surface area contributed by atoms with Crippen LogP contribution in [0.5, 0.6) is 0 Å². The number of ether oxygens (including phenoxy) is 1.